The molecule has 2 amide bonds. The number of benzene rings is 2. The Morgan fingerprint density at radius 3 is 2.29 bits per heavy atom. The van der Waals surface area contributed by atoms with Crippen LogP contribution in [0.25, 0.3) is 10.9 Å². The first kappa shape index (κ1) is 35.3. The van der Waals surface area contributed by atoms with E-state index < -0.39 is 65.4 Å². The zero-order valence-corrected chi connectivity index (χ0v) is 27.0. The van der Waals surface area contributed by atoms with E-state index in [1.54, 1.807) is 36.0 Å². The number of ether oxygens (including phenoxy) is 1. The molecule has 0 bridgehead atoms. The third-order valence-electron chi connectivity index (χ3n) is 9.13. The smallest absolute Gasteiger partial charge is 0.469 e. The van der Waals surface area contributed by atoms with Gasteiger partial charge in [0.1, 0.15) is 5.82 Å². The molecule has 1 N–H and O–H groups in total. The Morgan fingerprint density at radius 1 is 1.02 bits per heavy atom. The van der Waals surface area contributed by atoms with Crippen LogP contribution < -0.4 is 5.32 Å². The average molecular weight is 697 g/mol. The highest BCUT2D eigenvalue weighted by Gasteiger charge is 2.60. The number of carbonyl (C=O) groups excluding carboxylic acids is 4. The van der Waals surface area contributed by atoms with Gasteiger partial charge in [-0.25, -0.2) is 9.29 Å². The summed E-state index contributed by atoms with van der Waals surface area (Å²) in [5.41, 5.74) is 0.469. The molecule has 1 aliphatic heterocycles. The zero-order valence-electron chi connectivity index (χ0n) is 26.2. The summed E-state index contributed by atoms with van der Waals surface area (Å²) in [6.45, 7) is -0.243. The monoisotopic (exact) mass is 696 g/mol. The molecule has 2 fully saturated rings. The highest BCUT2D eigenvalue weighted by Crippen LogP contribution is 2.40. The van der Waals surface area contributed by atoms with Crippen LogP contribution in [0.5, 0.6) is 0 Å². The summed E-state index contributed by atoms with van der Waals surface area (Å²) in [5.74, 6) is -10.5. The molecule has 0 spiro atoms. The van der Waals surface area contributed by atoms with Crippen LogP contribution >= 0.6 is 11.6 Å². The van der Waals surface area contributed by atoms with Crippen LogP contribution in [0.2, 0.25) is 5.02 Å². The van der Waals surface area contributed by atoms with E-state index in [1.807, 2.05) is 6.07 Å². The maximum Gasteiger partial charge on any atom is 0.471 e. The van der Waals surface area contributed by atoms with Gasteiger partial charge in [0.25, 0.3) is 5.91 Å². The minimum absolute atomic E-state index is 0.0133. The molecule has 1 unspecified atom stereocenters. The minimum atomic E-state index is -5.53. The summed E-state index contributed by atoms with van der Waals surface area (Å²) in [6, 6.07) is 7.57. The van der Waals surface area contributed by atoms with E-state index >= 15 is 8.78 Å². The normalized spacial score (nSPS) is 19.9. The second kappa shape index (κ2) is 13.8. The Bertz CT molecular complexity index is 1730. The van der Waals surface area contributed by atoms with Crippen LogP contribution in [-0.2, 0) is 32.6 Å². The standard InChI is InChI=1S/C33H34ClF5N4O5/c1-41-18-23(22-7-3-4-8-27(22)41)29(45)40-26-17-25(35)20(15-24(26)34)16-28(44)33(39,42-13-5-6-14-42)43(31(47)32(36,37)38)21-11-9-19(10-12-21)30(46)48-2/h3-4,7-8,15,17-19,21H,5-6,9-14,16H2,1-2H3,(H,40,45). The highest BCUT2D eigenvalue weighted by atomic mass is 35.5. The summed E-state index contributed by atoms with van der Waals surface area (Å²) in [4.78, 5) is 52.8. The fourth-order valence-electron chi connectivity index (χ4n) is 6.71. The number of Topliss-reactive ketones (excluding diaryl/α,β-unsaturated/α-hetero) is 1. The van der Waals surface area contributed by atoms with Gasteiger partial charge in [-0.05, 0) is 62.3 Å². The number of rotatable bonds is 9. The lowest BCUT2D eigenvalue weighted by atomic mass is 9.84. The molecule has 15 heteroatoms. The van der Waals surface area contributed by atoms with E-state index in [1.165, 1.54) is 7.11 Å². The van der Waals surface area contributed by atoms with Gasteiger partial charge in [0, 0.05) is 49.7 Å². The van der Waals surface area contributed by atoms with Crippen LogP contribution in [0.1, 0.15) is 54.4 Å². The first-order chi connectivity index (χ1) is 22.7. The number of methoxy groups -OCH3 is 1. The topological polar surface area (TPSA) is 101 Å². The number of anilines is 1. The molecule has 2 aliphatic rings. The Balaban J connectivity index is 1.44. The fourth-order valence-corrected chi connectivity index (χ4v) is 6.94. The summed E-state index contributed by atoms with van der Waals surface area (Å²) in [5, 5.41) is 2.96. The molecule has 1 aliphatic carbocycles. The number of aromatic nitrogens is 1. The summed E-state index contributed by atoms with van der Waals surface area (Å²) >= 11 is 6.37. The number of alkyl halides is 4. The van der Waals surface area contributed by atoms with Gasteiger partial charge in [0.15, 0.2) is 0 Å². The molecule has 3 aromatic rings. The molecular weight excluding hydrogens is 663 g/mol. The predicted octanol–water partition coefficient (Wildman–Crippen LogP) is 6.18. The number of carbonyl (C=O) groups is 4. The van der Waals surface area contributed by atoms with E-state index in [2.05, 4.69) is 5.32 Å². The van der Waals surface area contributed by atoms with E-state index in [0.717, 1.165) is 22.5 Å². The molecular formula is C33H34ClF5N4O5. The van der Waals surface area contributed by atoms with Gasteiger partial charge in [-0.15, -0.1) is 0 Å². The van der Waals surface area contributed by atoms with Gasteiger partial charge in [-0.1, -0.05) is 29.8 Å². The lowest BCUT2D eigenvalue weighted by Crippen LogP contribution is -2.68. The average Bonchev–Trinajstić information content (AvgIpc) is 3.72. The van der Waals surface area contributed by atoms with Gasteiger partial charge >= 0.3 is 24.0 Å². The van der Waals surface area contributed by atoms with Crippen LogP contribution in [-0.4, -0.2) is 76.3 Å². The maximum absolute atomic E-state index is 17.4. The van der Waals surface area contributed by atoms with Crippen molar-refractivity contribution in [3.05, 3.63) is 64.6 Å². The number of aryl methyl sites for hydroxylation is 1. The van der Waals surface area contributed by atoms with Gasteiger partial charge in [-0.2, -0.15) is 17.6 Å². The number of amides is 2. The predicted molar refractivity (Wildman–Crippen MR) is 166 cm³/mol. The number of fused-ring (bicyclic) bond motifs is 1. The number of halogens is 6. The lowest BCUT2D eigenvalue weighted by Gasteiger charge is -2.47. The van der Waals surface area contributed by atoms with E-state index in [4.69, 9.17) is 16.3 Å². The number of hydrogen-bond donors (Lipinski definition) is 1. The van der Waals surface area contributed by atoms with Crippen molar-refractivity contribution >= 4 is 51.8 Å². The third kappa shape index (κ3) is 6.77. The van der Waals surface area contributed by atoms with Crippen molar-refractivity contribution < 1.29 is 45.9 Å². The zero-order chi connectivity index (χ0) is 35.0. The number of nitrogens with one attached hydrogen (secondary N) is 1. The maximum atomic E-state index is 17.4. The van der Waals surface area contributed by atoms with Crippen LogP contribution in [0.4, 0.5) is 27.6 Å². The lowest BCUT2D eigenvalue weighted by molar-refractivity contribution is -0.224. The van der Waals surface area contributed by atoms with Gasteiger partial charge in [0.05, 0.1) is 29.3 Å². The second-order valence-electron chi connectivity index (χ2n) is 12.1. The number of likely N-dealkylation sites (tertiary alicyclic amines) is 1. The molecule has 5 rings (SSSR count). The van der Waals surface area contributed by atoms with Crippen LogP contribution in [0.3, 0.4) is 0 Å². The van der Waals surface area contributed by atoms with E-state index in [9.17, 15) is 32.3 Å². The molecule has 2 aromatic carbocycles. The Labute approximate surface area is 277 Å². The molecule has 9 nitrogen and oxygen atoms in total. The molecule has 258 valence electrons. The molecule has 1 atom stereocenters. The van der Waals surface area contributed by atoms with Gasteiger partial charge in [-0.3, -0.25) is 24.1 Å². The molecule has 1 saturated carbocycles. The summed E-state index contributed by atoms with van der Waals surface area (Å²) in [6.07, 6.45) is -4.64. The van der Waals surface area contributed by atoms with Crippen molar-refractivity contribution in [3.8, 4) is 0 Å². The first-order valence-electron chi connectivity index (χ1n) is 15.5. The molecule has 1 aromatic heterocycles. The van der Waals surface area contributed by atoms with Crippen molar-refractivity contribution in [2.45, 2.75) is 63.1 Å². The molecule has 48 heavy (non-hydrogen) atoms. The van der Waals surface area contributed by atoms with Gasteiger partial charge < -0.3 is 14.6 Å². The molecule has 0 radical (unpaired) electrons. The quantitative estimate of drug-likeness (QED) is 0.163. The second-order valence-corrected chi connectivity index (χ2v) is 12.5. The van der Waals surface area contributed by atoms with Crippen LogP contribution in [0, 0.1) is 11.7 Å². The summed E-state index contributed by atoms with van der Waals surface area (Å²) < 4.78 is 81.4. The molecule has 1 saturated heterocycles. The van der Waals surface area contributed by atoms with Crippen molar-refractivity contribution in [2.24, 2.45) is 13.0 Å². The number of para-hydroxylation sites is 1. The van der Waals surface area contributed by atoms with Crippen molar-refractivity contribution in [2.75, 3.05) is 25.5 Å². The largest absolute Gasteiger partial charge is 0.471 e. The Kier molecular flexibility index (Phi) is 10.2. The highest BCUT2D eigenvalue weighted by molar-refractivity contribution is 6.34. The van der Waals surface area contributed by atoms with Crippen LogP contribution in [0.15, 0.2) is 42.6 Å². The minimum Gasteiger partial charge on any atom is -0.469 e. The fraction of sp³-hybridized carbons (Fsp3) is 0.455. The number of nitrogens with zero attached hydrogens (tertiary/aromatic N) is 3. The summed E-state index contributed by atoms with van der Waals surface area (Å²) in [7, 11) is 2.92. The number of ketones is 1. The number of hydrogen-bond acceptors (Lipinski definition) is 6. The Morgan fingerprint density at radius 2 is 1.67 bits per heavy atom. The number of esters is 1. The van der Waals surface area contributed by atoms with Crippen molar-refractivity contribution in [3.63, 3.8) is 0 Å². The van der Waals surface area contributed by atoms with Crippen molar-refractivity contribution in [1.82, 2.24) is 14.4 Å². The first-order valence-corrected chi connectivity index (χ1v) is 15.8. The third-order valence-corrected chi connectivity index (χ3v) is 9.45. The SMILES string of the molecule is COC(=O)C1CCC(N(C(=O)C(F)(F)F)C(F)(C(=O)Cc2cc(Cl)c(NC(=O)c3cn(C)c4ccccc34)cc2F)N2CCCC2)CC1. The van der Waals surface area contributed by atoms with Gasteiger partial charge in [0.2, 0.25) is 5.78 Å². The Hall–Kier alpha value is -4.04. The molecule has 2 heterocycles. The van der Waals surface area contributed by atoms with E-state index in [0.29, 0.717) is 18.2 Å². The van der Waals surface area contributed by atoms with Crippen molar-refractivity contribution in [1.29, 1.82) is 0 Å². The van der Waals surface area contributed by atoms with E-state index in [-0.39, 0.29) is 59.9 Å².